The number of carbonyl (C=O) groups is 1. The second-order valence-electron chi connectivity index (χ2n) is 6.44. The summed E-state index contributed by atoms with van der Waals surface area (Å²) in [6, 6.07) is 10.2. The van der Waals surface area contributed by atoms with Gasteiger partial charge in [0.2, 0.25) is 0 Å². The third kappa shape index (κ3) is 3.79. The molecule has 2 heterocycles. The van der Waals surface area contributed by atoms with E-state index in [1.807, 2.05) is 13.0 Å². The number of nitrogens with zero attached hydrogens (tertiary/aromatic N) is 2. The quantitative estimate of drug-likeness (QED) is 0.711. The molecule has 128 valence electrons. The van der Waals surface area contributed by atoms with Crippen molar-refractivity contribution in [2.45, 2.75) is 32.1 Å². The van der Waals surface area contributed by atoms with E-state index in [2.05, 4.69) is 50.1 Å². The van der Waals surface area contributed by atoms with Gasteiger partial charge in [0.15, 0.2) is 0 Å². The highest BCUT2D eigenvalue weighted by Crippen LogP contribution is 2.38. The van der Waals surface area contributed by atoms with Crippen molar-refractivity contribution < 1.29 is 4.79 Å². The van der Waals surface area contributed by atoms with Crippen LogP contribution in [0.4, 0.5) is 0 Å². The standard InChI is InChI=1S/C19H20N4OS/c1-12-21-18(11-25-12)15-4-2-13(3-5-15)8-9-20-19(24)17-10-16(22-23-17)14-6-7-14/h2-5,10-11,14H,6-9H2,1H3,(H,20,24)(H,22,23). The number of aromatic nitrogens is 3. The topological polar surface area (TPSA) is 70.7 Å². The minimum absolute atomic E-state index is 0.113. The van der Waals surface area contributed by atoms with Crippen LogP contribution >= 0.6 is 11.3 Å². The number of benzene rings is 1. The van der Waals surface area contributed by atoms with Gasteiger partial charge in [-0.2, -0.15) is 5.10 Å². The van der Waals surface area contributed by atoms with E-state index < -0.39 is 0 Å². The largest absolute Gasteiger partial charge is 0.350 e. The number of aryl methyl sites for hydroxylation is 1. The summed E-state index contributed by atoms with van der Waals surface area (Å²) < 4.78 is 0. The number of hydrogen-bond acceptors (Lipinski definition) is 4. The molecule has 1 amide bonds. The average Bonchev–Trinajstić information content (AvgIpc) is 3.18. The molecule has 5 nitrogen and oxygen atoms in total. The van der Waals surface area contributed by atoms with Crippen molar-refractivity contribution in [3.8, 4) is 11.3 Å². The predicted octanol–water partition coefficient (Wildman–Crippen LogP) is 3.69. The number of thiazole rings is 1. The van der Waals surface area contributed by atoms with Crippen LogP contribution in [0.15, 0.2) is 35.7 Å². The first-order valence-electron chi connectivity index (χ1n) is 8.54. The zero-order chi connectivity index (χ0) is 17.2. The number of rotatable bonds is 6. The molecule has 0 atom stereocenters. The molecular formula is C19H20N4OS. The Labute approximate surface area is 150 Å². The second-order valence-corrected chi connectivity index (χ2v) is 7.50. The number of hydrogen-bond donors (Lipinski definition) is 2. The van der Waals surface area contributed by atoms with Crippen LogP contribution in [0.25, 0.3) is 11.3 Å². The molecule has 1 fully saturated rings. The molecule has 1 aromatic carbocycles. The van der Waals surface area contributed by atoms with Crippen LogP contribution in [0.5, 0.6) is 0 Å². The molecule has 0 saturated heterocycles. The van der Waals surface area contributed by atoms with E-state index in [9.17, 15) is 4.79 Å². The molecule has 0 unspecified atom stereocenters. The van der Waals surface area contributed by atoms with E-state index in [0.29, 0.717) is 18.2 Å². The summed E-state index contributed by atoms with van der Waals surface area (Å²) >= 11 is 1.66. The Kier molecular flexibility index (Phi) is 4.36. The Bertz CT molecular complexity index is 877. The van der Waals surface area contributed by atoms with Crippen molar-refractivity contribution in [1.82, 2.24) is 20.5 Å². The minimum Gasteiger partial charge on any atom is -0.350 e. The molecule has 0 aliphatic heterocycles. The van der Waals surface area contributed by atoms with Gasteiger partial charge < -0.3 is 5.32 Å². The SMILES string of the molecule is Cc1nc(-c2ccc(CCNC(=O)c3cc(C4CC4)[nH]n3)cc2)cs1. The van der Waals surface area contributed by atoms with Crippen LogP contribution in [0, 0.1) is 6.92 Å². The summed E-state index contributed by atoms with van der Waals surface area (Å²) in [6.07, 6.45) is 3.18. The minimum atomic E-state index is -0.113. The van der Waals surface area contributed by atoms with Crippen molar-refractivity contribution in [3.63, 3.8) is 0 Å². The molecule has 0 spiro atoms. The molecule has 1 aliphatic carbocycles. The molecule has 4 rings (SSSR count). The highest BCUT2D eigenvalue weighted by atomic mass is 32.1. The molecule has 1 aliphatic rings. The monoisotopic (exact) mass is 352 g/mol. The van der Waals surface area contributed by atoms with E-state index >= 15 is 0 Å². The Morgan fingerprint density at radius 3 is 2.80 bits per heavy atom. The molecular weight excluding hydrogens is 332 g/mol. The fraction of sp³-hybridized carbons (Fsp3) is 0.316. The Morgan fingerprint density at radius 1 is 1.32 bits per heavy atom. The third-order valence-corrected chi connectivity index (χ3v) is 5.19. The molecule has 2 aromatic heterocycles. The van der Waals surface area contributed by atoms with Crippen LogP contribution in [0.3, 0.4) is 0 Å². The fourth-order valence-corrected chi connectivity index (χ4v) is 3.43. The van der Waals surface area contributed by atoms with Gasteiger partial charge in [0.1, 0.15) is 5.69 Å². The van der Waals surface area contributed by atoms with Crippen LogP contribution in [-0.4, -0.2) is 27.6 Å². The van der Waals surface area contributed by atoms with Gasteiger partial charge in [-0.3, -0.25) is 9.89 Å². The molecule has 2 N–H and O–H groups in total. The van der Waals surface area contributed by atoms with Crippen LogP contribution in [0.2, 0.25) is 0 Å². The average molecular weight is 352 g/mol. The Balaban J connectivity index is 1.29. The summed E-state index contributed by atoms with van der Waals surface area (Å²) in [6.45, 7) is 2.61. The lowest BCUT2D eigenvalue weighted by Crippen LogP contribution is -2.26. The molecule has 0 bridgehead atoms. The number of carbonyl (C=O) groups excluding carboxylic acids is 1. The first kappa shape index (κ1) is 16.0. The first-order valence-corrected chi connectivity index (χ1v) is 9.42. The maximum absolute atomic E-state index is 12.1. The van der Waals surface area contributed by atoms with Crippen molar-refractivity contribution in [2.24, 2.45) is 0 Å². The molecule has 1 saturated carbocycles. The van der Waals surface area contributed by atoms with E-state index in [0.717, 1.165) is 28.4 Å². The summed E-state index contributed by atoms with van der Waals surface area (Å²) in [7, 11) is 0. The van der Waals surface area contributed by atoms with E-state index in [4.69, 9.17) is 0 Å². The lowest BCUT2D eigenvalue weighted by molar-refractivity contribution is 0.0949. The van der Waals surface area contributed by atoms with Crippen molar-refractivity contribution in [3.05, 3.63) is 57.7 Å². The summed E-state index contributed by atoms with van der Waals surface area (Å²) in [5, 5.41) is 13.2. The maximum atomic E-state index is 12.1. The highest BCUT2D eigenvalue weighted by Gasteiger charge is 2.26. The van der Waals surface area contributed by atoms with Crippen LogP contribution in [-0.2, 0) is 6.42 Å². The van der Waals surface area contributed by atoms with Gasteiger partial charge in [0, 0.05) is 29.1 Å². The summed E-state index contributed by atoms with van der Waals surface area (Å²) in [5.74, 6) is 0.465. The lowest BCUT2D eigenvalue weighted by atomic mass is 10.1. The van der Waals surface area contributed by atoms with Crippen molar-refractivity contribution >= 4 is 17.2 Å². The summed E-state index contributed by atoms with van der Waals surface area (Å²) in [4.78, 5) is 16.6. The van der Waals surface area contributed by atoms with Crippen molar-refractivity contribution in [2.75, 3.05) is 6.54 Å². The van der Waals surface area contributed by atoms with E-state index in [-0.39, 0.29) is 5.91 Å². The van der Waals surface area contributed by atoms with Gasteiger partial charge in [-0.25, -0.2) is 4.98 Å². The zero-order valence-electron chi connectivity index (χ0n) is 14.1. The number of amides is 1. The van der Waals surface area contributed by atoms with Gasteiger partial charge in [0.25, 0.3) is 5.91 Å². The van der Waals surface area contributed by atoms with E-state index in [1.54, 1.807) is 11.3 Å². The molecule has 3 aromatic rings. The Hall–Kier alpha value is -2.47. The first-order chi connectivity index (χ1) is 12.2. The zero-order valence-corrected chi connectivity index (χ0v) is 14.9. The predicted molar refractivity (Wildman–Crippen MR) is 98.9 cm³/mol. The molecule has 25 heavy (non-hydrogen) atoms. The molecule has 0 radical (unpaired) electrons. The van der Waals surface area contributed by atoms with Gasteiger partial charge in [0.05, 0.1) is 10.7 Å². The third-order valence-electron chi connectivity index (χ3n) is 4.42. The summed E-state index contributed by atoms with van der Waals surface area (Å²) in [5.41, 5.74) is 4.90. The van der Waals surface area contributed by atoms with Gasteiger partial charge in [-0.15, -0.1) is 11.3 Å². The Morgan fingerprint density at radius 2 is 2.12 bits per heavy atom. The van der Waals surface area contributed by atoms with Gasteiger partial charge in [-0.05, 0) is 37.8 Å². The number of aromatic amines is 1. The van der Waals surface area contributed by atoms with Crippen LogP contribution < -0.4 is 5.32 Å². The van der Waals surface area contributed by atoms with E-state index in [1.165, 1.54) is 18.4 Å². The maximum Gasteiger partial charge on any atom is 0.271 e. The second kappa shape index (κ2) is 6.80. The fourth-order valence-electron chi connectivity index (χ4n) is 2.81. The number of H-pyrrole nitrogens is 1. The van der Waals surface area contributed by atoms with Gasteiger partial charge >= 0.3 is 0 Å². The highest BCUT2D eigenvalue weighted by molar-refractivity contribution is 7.09. The number of nitrogens with one attached hydrogen (secondary N) is 2. The van der Waals surface area contributed by atoms with Crippen LogP contribution in [0.1, 0.15) is 45.5 Å². The normalized spacial score (nSPS) is 13.8. The lowest BCUT2D eigenvalue weighted by Gasteiger charge is -2.04. The smallest absolute Gasteiger partial charge is 0.271 e. The van der Waals surface area contributed by atoms with Crippen molar-refractivity contribution in [1.29, 1.82) is 0 Å². The van der Waals surface area contributed by atoms with Gasteiger partial charge in [-0.1, -0.05) is 24.3 Å². The molecule has 6 heteroatoms.